The van der Waals surface area contributed by atoms with Crippen molar-refractivity contribution in [3.63, 3.8) is 0 Å². The summed E-state index contributed by atoms with van der Waals surface area (Å²) in [7, 11) is 1.30. The second-order valence-electron chi connectivity index (χ2n) is 8.27. The van der Waals surface area contributed by atoms with Crippen LogP contribution >= 0.6 is 0 Å². The van der Waals surface area contributed by atoms with Crippen LogP contribution < -0.4 is 0 Å². The first-order valence-electron chi connectivity index (χ1n) is 10.6. The number of aliphatic hydroxyl groups is 7. The van der Waals surface area contributed by atoms with Gasteiger partial charge in [-0.2, -0.15) is 0 Å². The normalized spacial score (nSPS) is 50.3. The zero-order valence-electron chi connectivity index (χ0n) is 17.9. The maximum Gasteiger partial charge on any atom is 0.187 e. The Morgan fingerprint density at radius 1 is 0.719 bits per heavy atom. The Kier molecular flexibility index (Phi) is 9.19. The van der Waals surface area contributed by atoms with Crippen molar-refractivity contribution < 1.29 is 64.2 Å². The van der Waals surface area contributed by atoms with E-state index >= 15 is 0 Å². The molecule has 13 heteroatoms. The van der Waals surface area contributed by atoms with Gasteiger partial charge in [-0.05, 0) is 13.3 Å². The molecule has 0 bridgehead atoms. The van der Waals surface area contributed by atoms with Gasteiger partial charge in [-0.1, -0.05) is 0 Å². The van der Waals surface area contributed by atoms with E-state index < -0.39 is 93.1 Å². The van der Waals surface area contributed by atoms with Crippen LogP contribution in [-0.2, 0) is 28.4 Å². The van der Waals surface area contributed by atoms with Crippen LogP contribution in [0.5, 0.6) is 0 Å². The van der Waals surface area contributed by atoms with Crippen LogP contribution in [0.1, 0.15) is 19.8 Å². The lowest BCUT2D eigenvalue weighted by molar-refractivity contribution is -0.380. The Morgan fingerprint density at radius 2 is 1.34 bits per heavy atom. The molecule has 3 fully saturated rings. The van der Waals surface area contributed by atoms with Crippen molar-refractivity contribution in [1.29, 1.82) is 0 Å². The largest absolute Gasteiger partial charge is 0.394 e. The maximum absolute atomic E-state index is 10.8. The topological polar surface area (TPSA) is 197 Å². The molecule has 7 N–H and O–H groups in total. The summed E-state index contributed by atoms with van der Waals surface area (Å²) in [6.45, 7) is 0.482. The lowest BCUT2D eigenvalue weighted by atomic mass is 9.97. The van der Waals surface area contributed by atoms with Crippen molar-refractivity contribution in [3.05, 3.63) is 0 Å². The van der Waals surface area contributed by atoms with Crippen molar-refractivity contribution in [2.24, 2.45) is 0 Å². The van der Waals surface area contributed by atoms with E-state index in [1.165, 1.54) is 7.11 Å². The number of ether oxygens (including phenoxy) is 6. The maximum atomic E-state index is 10.8. The standard InChI is InChI=1S/C19H34O13/c1-7-8(22)3-4-11(28-7)31-16-13(24)10(6-21)30-19(27-2)17(16)32-18-15(26)14(25)12(23)9(5-20)29-18/h7-26H,3-6H2,1-2H3/t7-,8-,9-,10-,11-,12+,13-,14+,15-,16+,17+,18-,19+/m1/s1. The zero-order valence-corrected chi connectivity index (χ0v) is 17.9. The highest BCUT2D eigenvalue weighted by Gasteiger charge is 2.52. The van der Waals surface area contributed by atoms with Gasteiger partial charge < -0.3 is 64.2 Å². The monoisotopic (exact) mass is 470 g/mol. The Hall–Kier alpha value is -0.520. The van der Waals surface area contributed by atoms with Gasteiger partial charge in [-0.3, -0.25) is 0 Å². The van der Waals surface area contributed by atoms with Crippen molar-refractivity contribution >= 4 is 0 Å². The molecule has 188 valence electrons. The summed E-state index contributed by atoms with van der Waals surface area (Å²) >= 11 is 0. The van der Waals surface area contributed by atoms with E-state index in [2.05, 4.69) is 0 Å². The number of hydrogen-bond acceptors (Lipinski definition) is 13. The van der Waals surface area contributed by atoms with Gasteiger partial charge in [0.15, 0.2) is 18.9 Å². The van der Waals surface area contributed by atoms with Gasteiger partial charge in [0.25, 0.3) is 0 Å². The highest BCUT2D eigenvalue weighted by Crippen LogP contribution is 2.33. The fourth-order valence-electron chi connectivity index (χ4n) is 4.08. The van der Waals surface area contributed by atoms with Crippen LogP contribution in [0.4, 0.5) is 0 Å². The molecule has 0 aromatic carbocycles. The first-order chi connectivity index (χ1) is 15.2. The minimum atomic E-state index is -1.69. The molecule has 0 aromatic rings. The number of rotatable bonds is 7. The predicted octanol–water partition coefficient (Wildman–Crippen LogP) is -3.83. The van der Waals surface area contributed by atoms with Crippen molar-refractivity contribution in [1.82, 2.24) is 0 Å². The van der Waals surface area contributed by atoms with E-state index in [1.807, 2.05) is 0 Å². The number of aliphatic hydroxyl groups excluding tert-OH is 7. The molecule has 3 aliphatic heterocycles. The minimum absolute atomic E-state index is 0.323. The van der Waals surface area contributed by atoms with E-state index in [1.54, 1.807) is 6.92 Å². The molecule has 0 aromatic heterocycles. The van der Waals surface area contributed by atoms with E-state index in [4.69, 9.17) is 28.4 Å². The summed E-state index contributed by atoms with van der Waals surface area (Å²) in [5, 5.41) is 70.0. The third kappa shape index (κ3) is 5.41. The van der Waals surface area contributed by atoms with E-state index in [0.29, 0.717) is 12.8 Å². The first kappa shape index (κ1) is 26.1. The van der Waals surface area contributed by atoms with Crippen LogP contribution in [0.25, 0.3) is 0 Å². The highest BCUT2D eigenvalue weighted by molar-refractivity contribution is 4.95. The van der Waals surface area contributed by atoms with Crippen LogP contribution in [0.2, 0.25) is 0 Å². The molecule has 0 unspecified atom stereocenters. The van der Waals surface area contributed by atoms with Crippen LogP contribution in [0, 0.1) is 0 Å². The molecule has 0 amide bonds. The molecule has 0 spiro atoms. The van der Waals surface area contributed by atoms with Gasteiger partial charge in [0, 0.05) is 13.5 Å². The molecule has 0 radical (unpaired) electrons. The van der Waals surface area contributed by atoms with Crippen LogP contribution in [0.3, 0.4) is 0 Å². The van der Waals surface area contributed by atoms with Crippen molar-refractivity contribution in [2.45, 2.75) is 99.7 Å². The number of methoxy groups -OCH3 is 1. The molecule has 0 saturated carbocycles. The minimum Gasteiger partial charge on any atom is -0.394 e. The summed E-state index contributed by atoms with van der Waals surface area (Å²) in [6, 6.07) is 0. The van der Waals surface area contributed by atoms with E-state index in [-0.39, 0.29) is 0 Å². The van der Waals surface area contributed by atoms with Gasteiger partial charge in [0.2, 0.25) is 0 Å². The van der Waals surface area contributed by atoms with Gasteiger partial charge in [0.1, 0.15) is 48.8 Å². The fourth-order valence-corrected chi connectivity index (χ4v) is 4.08. The molecule has 3 heterocycles. The number of hydrogen-bond donors (Lipinski definition) is 7. The predicted molar refractivity (Wildman–Crippen MR) is 102 cm³/mol. The van der Waals surface area contributed by atoms with Gasteiger partial charge in [-0.25, -0.2) is 0 Å². The second kappa shape index (κ2) is 11.3. The fraction of sp³-hybridized carbons (Fsp3) is 1.00. The van der Waals surface area contributed by atoms with Gasteiger partial charge in [0.05, 0.1) is 25.4 Å². The molecule has 13 atom stereocenters. The third-order valence-corrected chi connectivity index (χ3v) is 6.09. The Labute approximate surface area is 185 Å². The summed E-state index contributed by atoms with van der Waals surface area (Å²) in [4.78, 5) is 0. The third-order valence-electron chi connectivity index (χ3n) is 6.09. The van der Waals surface area contributed by atoms with Crippen molar-refractivity contribution in [2.75, 3.05) is 20.3 Å². The molecule has 0 aliphatic carbocycles. The Balaban J connectivity index is 1.80. The summed E-state index contributed by atoms with van der Waals surface area (Å²) in [5.74, 6) is 0. The molecular weight excluding hydrogens is 436 g/mol. The SMILES string of the molecule is CO[C@H]1O[C@H](CO)[C@@H](O)[C@H](O[C@@H]2CC[C@@H](O)[C@@H](C)O2)[C@@H]1O[C@H]1O[C@H](CO)[C@H](O)[C@H](O)[C@H]1O. The highest BCUT2D eigenvalue weighted by atomic mass is 16.8. The smallest absolute Gasteiger partial charge is 0.187 e. The lowest BCUT2D eigenvalue weighted by Crippen LogP contribution is -2.65. The molecule has 3 saturated heterocycles. The lowest BCUT2D eigenvalue weighted by Gasteiger charge is -2.47. The van der Waals surface area contributed by atoms with Gasteiger partial charge >= 0.3 is 0 Å². The molecule has 3 aliphatic rings. The van der Waals surface area contributed by atoms with E-state index in [9.17, 15) is 35.7 Å². The van der Waals surface area contributed by atoms with Crippen LogP contribution in [0.15, 0.2) is 0 Å². The molecule has 32 heavy (non-hydrogen) atoms. The second-order valence-corrected chi connectivity index (χ2v) is 8.27. The van der Waals surface area contributed by atoms with E-state index in [0.717, 1.165) is 0 Å². The molecule has 13 nitrogen and oxygen atoms in total. The zero-order chi connectivity index (χ0) is 23.6. The Bertz CT molecular complexity index is 579. The van der Waals surface area contributed by atoms with Crippen LogP contribution in [-0.4, -0.2) is 136 Å². The molecule has 3 rings (SSSR count). The average molecular weight is 470 g/mol. The Morgan fingerprint density at radius 3 is 1.94 bits per heavy atom. The summed E-state index contributed by atoms with van der Waals surface area (Å²) < 4.78 is 33.6. The summed E-state index contributed by atoms with van der Waals surface area (Å²) in [6.07, 6.45) is -15.0. The quantitative estimate of drug-likeness (QED) is 0.191. The van der Waals surface area contributed by atoms with Crippen molar-refractivity contribution in [3.8, 4) is 0 Å². The van der Waals surface area contributed by atoms with Gasteiger partial charge in [-0.15, -0.1) is 0 Å². The first-order valence-corrected chi connectivity index (χ1v) is 10.6. The molecular formula is C19H34O13. The summed E-state index contributed by atoms with van der Waals surface area (Å²) in [5.41, 5.74) is 0. The average Bonchev–Trinajstić information content (AvgIpc) is 2.78.